The largest absolute Gasteiger partial charge is 0.355 e. The van der Waals surface area contributed by atoms with Crippen molar-refractivity contribution in [3.05, 3.63) is 64.4 Å². The van der Waals surface area contributed by atoms with Crippen LogP contribution in [0, 0.1) is 0 Å². The van der Waals surface area contributed by atoms with Crippen molar-refractivity contribution in [1.29, 1.82) is 0 Å². The number of nitrogens with zero attached hydrogens (tertiary/aromatic N) is 2. The van der Waals surface area contributed by atoms with Crippen LogP contribution in [-0.2, 0) is 4.79 Å². The van der Waals surface area contributed by atoms with Gasteiger partial charge in [-0.05, 0) is 43.0 Å². The highest BCUT2D eigenvalue weighted by atomic mass is 32.2. The standard InChI is InChI=1S/C23H27N3O2S/c1-5-14-24-21(27)16(4)29-23-25-19-12-8-6-11-18(19)22(28)26(23)20-13-9-7-10-17(20)15(2)3/h6-13,15-16H,5,14H2,1-4H3,(H,24,27)/t16-/m0/s1. The summed E-state index contributed by atoms with van der Waals surface area (Å²) in [5.41, 5.74) is 2.40. The van der Waals surface area contributed by atoms with E-state index in [0.29, 0.717) is 22.6 Å². The SMILES string of the molecule is CCCNC(=O)[C@H](C)Sc1nc2ccccc2c(=O)n1-c1ccccc1C(C)C. The first-order valence-corrected chi connectivity index (χ1v) is 10.9. The molecule has 1 amide bonds. The fourth-order valence-corrected chi connectivity index (χ4v) is 4.13. The molecule has 5 nitrogen and oxygen atoms in total. The number of nitrogens with one attached hydrogen (secondary N) is 1. The van der Waals surface area contributed by atoms with Crippen molar-refractivity contribution in [3.8, 4) is 5.69 Å². The molecule has 3 aromatic rings. The van der Waals surface area contributed by atoms with E-state index < -0.39 is 0 Å². The van der Waals surface area contributed by atoms with E-state index in [9.17, 15) is 9.59 Å². The van der Waals surface area contributed by atoms with Crippen LogP contribution in [-0.4, -0.2) is 27.3 Å². The number of para-hydroxylation sites is 2. The molecule has 1 aromatic heterocycles. The summed E-state index contributed by atoms with van der Waals surface area (Å²) < 4.78 is 1.66. The van der Waals surface area contributed by atoms with Crippen molar-refractivity contribution >= 4 is 28.6 Å². The van der Waals surface area contributed by atoms with Gasteiger partial charge in [-0.3, -0.25) is 14.2 Å². The summed E-state index contributed by atoms with van der Waals surface area (Å²) in [5.74, 6) is 0.190. The van der Waals surface area contributed by atoms with Crippen molar-refractivity contribution in [2.75, 3.05) is 6.54 Å². The van der Waals surface area contributed by atoms with Gasteiger partial charge in [-0.2, -0.15) is 0 Å². The maximum absolute atomic E-state index is 13.5. The molecular weight excluding hydrogens is 382 g/mol. The van der Waals surface area contributed by atoms with Crippen LogP contribution in [0.1, 0.15) is 45.6 Å². The first-order chi connectivity index (χ1) is 13.9. The van der Waals surface area contributed by atoms with Crippen LogP contribution in [0.3, 0.4) is 0 Å². The van der Waals surface area contributed by atoms with Crippen LogP contribution < -0.4 is 10.9 Å². The first-order valence-electron chi connectivity index (χ1n) is 9.99. The van der Waals surface area contributed by atoms with Crippen LogP contribution in [0.4, 0.5) is 0 Å². The summed E-state index contributed by atoms with van der Waals surface area (Å²) in [5, 5.41) is 3.65. The second kappa shape index (κ2) is 9.27. The first kappa shape index (κ1) is 21.1. The lowest BCUT2D eigenvalue weighted by atomic mass is 10.0. The molecule has 0 fully saturated rings. The number of hydrogen-bond acceptors (Lipinski definition) is 4. The molecule has 0 radical (unpaired) electrons. The molecule has 0 spiro atoms. The number of carbonyl (C=O) groups excluding carboxylic acids is 1. The minimum atomic E-state index is -0.368. The van der Waals surface area contributed by atoms with Crippen molar-refractivity contribution < 1.29 is 4.79 Å². The summed E-state index contributed by atoms with van der Waals surface area (Å²) in [4.78, 5) is 30.6. The number of benzene rings is 2. The van der Waals surface area contributed by atoms with Crippen molar-refractivity contribution in [2.45, 2.75) is 50.4 Å². The summed E-state index contributed by atoms with van der Waals surface area (Å²) >= 11 is 1.31. The molecule has 1 N–H and O–H groups in total. The average Bonchev–Trinajstić information content (AvgIpc) is 2.72. The molecule has 2 aromatic carbocycles. The predicted octanol–water partition coefficient (Wildman–Crippen LogP) is 4.52. The number of carbonyl (C=O) groups is 1. The second-order valence-corrected chi connectivity index (χ2v) is 8.62. The normalized spacial score (nSPS) is 12.3. The van der Waals surface area contributed by atoms with Crippen LogP contribution in [0.2, 0.25) is 0 Å². The van der Waals surface area contributed by atoms with Crippen molar-refractivity contribution in [2.24, 2.45) is 0 Å². The molecule has 0 aliphatic rings. The number of amides is 1. The quantitative estimate of drug-likeness (QED) is 0.460. The maximum Gasteiger partial charge on any atom is 0.266 e. The van der Waals surface area contributed by atoms with Gasteiger partial charge in [-0.25, -0.2) is 4.98 Å². The molecule has 3 rings (SSSR count). The lowest BCUT2D eigenvalue weighted by molar-refractivity contribution is -0.120. The Morgan fingerprint density at radius 1 is 1.10 bits per heavy atom. The van der Waals surface area contributed by atoms with E-state index in [1.54, 1.807) is 10.6 Å². The summed E-state index contributed by atoms with van der Waals surface area (Å²) in [6.45, 7) is 8.70. The molecule has 0 saturated heterocycles. The smallest absolute Gasteiger partial charge is 0.266 e. The van der Waals surface area contributed by atoms with E-state index in [1.807, 2.05) is 56.3 Å². The van der Waals surface area contributed by atoms with Gasteiger partial charge in [0, 0.05) is 6.54 Å². The number of hydrogen-bond donors (Lipinski definition) is 1. The molecule has 1 heterocycles. The number of fused-ring (bicyclic) bond motifs is 1. The lowest BCUT2D eigenvalue weighted by Gasteiger charge is -2.19. The molecule has 0 unspecified atom stereocenters. The fourth-order valence-electron chi connectivity index (χ4n) is 3.19. The van der Waals surface area contributed by atoms with E-state index in [2.05, 4.69) is 19.2 Å². The highest BCUT2D eigenvalue weighted by molar-refractivity contribution is 8.00. The summed E-state index contributed by atoms with van der Waals surface area (Å²) in [7, 11) is 0. The van der Waals surface area contributed by atoms with E-state index in [0.717, 1.165) is 17.7 Å². The van der Waals surface area contributed by atoms with E-state index in [4.69, 9.17) is 4.98 Å². The van der Waals surface area contributed by atoms with Gasteiger partial charge in [0.05, 0.1) is 21.8 Å². The highest BCUT2D eigenvalue weighted by Crippen LogP contribution is 2.29. The molecule has 1 atom stereocenters. The molecule has 6 heteroatoms. The van der Waals surface area contributed by atoms with E-state index in [-0.39, 0.29) is 22.6 Å². The zero-order valence-electron chi connectivity index (χ0n) is 17.3. The summed E-state index contributed by atoms with van der Waals surface area (Å²) in [6, 6.07) is 15.2. The Balaban J connectivity index is 2.18. The predicted molar refractivity (Wildman–Crippen MR) is 120 cm³/mol. The zero-order chi connectivity index (χ0) is 21.0. The zero-order valence-corrected chi connectivity index (χ0v) is 18.1. The van der Waals surface area contributed by atoms with Crippen molar-refractivity contribution in [3.63, 3.8) is 0 Å². The molecule has 0 bridgehead atoms. The third-order valence-corrected chi connectivity index (χ3v) is 5.80. The maximum atomic E-state index is 13.5. The Hall–Kier alpha value is -2.60. The Kier molecular flexibility index (Phi) is 6.75. The van der Waals surface area contributed by atoms with Crippen LogP contribution >= 0.6 is 11.8 Å². The summed E-state index contributed by atoms with van der Waals surface area (Å²) in [6.07, 6.45) is 0.879. The number of aromatic nitrogens is 2. The van der Waals surface area contributed by atoms with Gasteiger partial charge in [0.1, 0.15) is 0 Å². The van der Waals surface area contributed by atoms with Gasteiger partial charge in [-0.1, -0.05) is 62.9 Å². The monoisotopic (exact) mass is 409 g/mol. The fraction of sp³-hybridized carbons (Fsp3) is 0.348. The second-order valence-electron chi connectivity index (χ2n) is 7.32. The number of rotatable bonds is 7. The van der Waals surface area contributed by atoms with Gasteiger partial charge < -0.3 is 5.32 Å². The Morgan fingerprint density at radius 3 is 2.52 bits per heavy atom. The third kappa shape index (κ3) is 4.53. The highest BCUT2D eigenvalue weighted by Gasteiger charge is 2.21. The van der Waals surface area contributed by atoms with Gasteiger partial charge in [0.2, 0.25) is 5.91 Å². The molecule has 0 saturated carbocycles. The van der Waals surface area contributed by atoms with E-state index >= 15 is 0 Å². The minimum absolute atomic E-state index is 0.0528. The minimum Gasteiger partial charge on any atom is -0.355 e. The van der Waals surface area contributed by atoms with Crippen LogP contribution in [0.25, 0.3) is 16.6 Å². The molecule has 29 heavy (non-hydrogen) atoms. The van der Waals surface area contributed by atoms with Gasteiger partial charge in [0.15, 0.2) is 5.16 Å². The molecule has 0 aliphatic carbocycles. The Labute approximate surface area is 175 Å². The Morgan fingerprint density at radius 2 is 1.79 bits per heavy atom. The topological polar surface area (TPSA) is 64.0 Å². The van der Waals surface area contributed by atoms with Crippen LogP contribution in [0.15, 0.2) is 58.5 Å². The third-order valence-electron chi connectivity index (χ3n) is 4.75. The van der Waals surface area contributed by atoms with E-state index in [1.165, 1.54) is 11.8 Å². The lowest BCUT2D eigenvalue weighted by Crippen LogP contribution is -2.32. The Bertz CT molecular complexity index is 1080. The van der Waals surface area contributed by atoms with Crippen molar-refractivity contribution in [1.82, 2.24) is 14.9 Å². The van der Waals surface area contributed by atoms with Gasteiger partial charge >= 0.3 is 0 Å². The average molecular weight is 410 g/mol. The molecule has 152 valence electrons. The number of thioether (sulfide) groups is 1. The van der Waals surface area contributed by atoms with Crippen LogP contribution in [0.5, 0.6) is 0 Å². The molecule has 0 aliphatic heterocycles. The van der Waals surface area contributed by atoms with Gasteiger partial charge in [-0.15, -0.1) is 0 Å². The molecular formula is C23H27N3O2S. The van der Waals surface area contributed by atoms with Gasteiger partial charge in [0.25, 0.3) is 5.56 Å².